The van der Waals surface area contributed by atoms with Gasteiger partial charge in [-0.2, -0.15) is 13.2 Å². The molecule has 1 saturated heterocycles. The van der Waals surface area contributed by atoms with Crippen LogP contribution >= 0.6 is 0 Å². The van der Waals surface area contributed by atoms with Gasteiger partial charge in [0.25, 0.3) is 0 Å². The molecule has 0 bridgehead atoms. The Morgan fingerprint density at radius 1 is 1.17 bits per heavy atom. The maximum atomic E-state index is 12.9. The number of rotatable bonds is 4. The number of aliphatic hydroxyl groups excluding tert-OH is 2. The summed E-state index contributed by atoms with van der Waals surface area (Å²) >= 11 is 0. The van der Waals surface area contributed by atoms with Gasteiger partial charge >= 0.3 is 12.1 Å². The van der Waals surface area contributed by atoms with Crippen LogP contribution in [0, 0.1) is 0 Å². The van der Waals surface area contributed by atoms with Crippen LogP contribution in [0.2, 0.25) is 0 Å². The second kappa shape index (κ2) is 7.89. The summed E-state index contributed by atoms with van der Waals surface area (Å²) in [5.41, 5.74) is -1.40. The van der Waals surface area contributed by atoms with Gasteiger partial charge in [-0.1, -0.05) is 6.07 Å². The van der Waals surface area contributed by atoms with E-state index in [9.17, 15) is 28.2 Å². The van der Waals surface area contributed by atoms with Crippen molar-refractivity contribution in [2.45, 2.75) is 43.6 Å². The van der Waals surface area contributed by atoms with Crippen LogP contribution in [0.5, 0.6) is 5.88 Å². The molecule has 156 valence electrons. The molecule has 0 amide bonds. The predicted molar refractivity (Wildman–Crippen MR) is 87.9 cm³/mol. The summed E-state index contributed by atoms with van der Waals surface area (Å²) in [4.78, 5) is 22.1. The zero-order chi connectivity index (χ0) is 21.3. The van der Waals surface area contributed by atoms with E-state index in [0.29, 0.717) is 0 Å². The number of carbonyl (C=O) groups is 1. The minimum atomic E-state index is -4.70. The number of hydrogen-bond donors (Lipinski definition) is 3. The third-order valence-electron chi connectivity index (χ3n) is 4.27. The van der Waals surface area contributed by atoms with Crippen molar-refractivity contribution in [2.24, 2.45) is 0 Å². The number of carboxylic acid groups (broad SMARTS) is 1. The summed E-state index contributed by atoms with van der Waals surface area (Å²) in [5.74, 6) is -1.79. The number of nitrogens with zero attached hydrogens (tertiary/aromatic N) is 3. The van der Waals surface area contributed by atoms with Gasteiger partial charge in [-0.3, -0.25) is 0 Å². The van der Waals surface area contributed by atoms with Crippen molar-refractivity contribution in [3.8, 4) is 5.88 Å². The first-order valence-electron chi connectivity index (χ1n) is 8.35. The third kappa shape index (κ3) is 4.44. The van der Waals surface area contributed by atoms with Gasteiger partial charge in [0.05, 0.1) is 11.7 Å². The number of aromatic nitrogens is 3. The average Bonchev–Trinajstić information content (AvgIpc) is 2.68. The minimum absolute atomic E-state index is 0.0789. The molecule has 9 nitrogen and oxygen atoms in total. The molecule has 2 aromatic heterocycles. The first kappa shape index (κ1) is 20.9. The molecular weight excluding hydrogens is 399 g/mol. The highest BCUT2D eigenvalue weighted by molar-refractivity contribution is 5.86. The number of aromatic carboxylic acids is 1. The van der Waals surface area contributed by atoms with Crippen LogP contribution < -0.4 is 4.74 Å². The SMILES string of the molecule is C[C@H]1O[C@@H](c2ncc(C(=O)O)cn2)[C@H](Oc2cccc(C(F)(F)F)n2)[C@@H](O)[C@H]1O. The fourth-order valence-corrected chi connectivity index (χ4v) is 2.75. The van der Waals surface area contributed by atoms with E-state index in [1.807, 2.05) is 0 Å². The van der Waals surface area contributed by atoms with Crippen molar-refractivity contribution in [2.75, 3.05) is 0 Å². The van der Waals surface area contributed by atoms with Gasteiger partial charge in [0.2, 0.25) is 5.88 Å². The average molecular weight is 415 g/mol. The first-order valence-corrected chi connectivity index (χ1v) is 8.35. The topological polar surface area (TPSA) is 135 Å². The molecule has 1 aliphatic rings. The number of aliphatic hydroxyl groups is 2. The Kier molecular flexibility index (Phi) is 5.68. The monoisotopic (exact) mass is 415 g/mol. The molecule has 3 rings (SSSR count). The summed E-state index contributed by atoms with van der Waals surface area (Å²) < 4.78 is 49.6. The van der Waals surface area contributed by atoms with E-state index in [2.05, 4.69) is 15.0 Å². The number of ether oxygens (including phenoxy) is 2. The summed E-state index contributed by atoms with van der Waals surface area (Å²) in [6.45, 7) is 1.46. The van der Waals surface area contributed by atoms with Gasteiger partial charge in [0.15, 0.2) is 18.0 Å². The van der Waals surface area contributed by atoms with Gasteiger partial charge in [-0.05, 0) is 13.0 Å². The van der Waals surface area contributed by atoms with Crippen LogP contribution in [0.3, 0.4) is 0 Å². The standard InChI is InChI=1S/C17H16F3N3O6/c1-7-11(24)12(25)13(29-10-4-2-3-9(23-10)17(18,19)20)14(28-7)15-21-5-8(6-22-15)16(26)27/h2-7,11-14,24-25H,1H3,(H,26,27)/t7-,11+,12+,13-,14-/m1/s1. The van der Waals surface area contributed by atoms with E-state index in [-0.39, 0.29) is 11.4 Å². The summed E-state index contributed by atoms with van der Waals surface area (Å²) in [5, 5.41) is 29.4. The molecule has 0 aromatic carbocycles. The second-order valence-electron chi connectivity index (χ2n) is 6.32. The van der Waals surface area contributed by atoms with Crippen molar-refractivity contribution < 1.29 is 42.8 Å². The van der Waals surface area contributed by atoms with Crippen LogP contribution in [-0.2, 0) is 10.9 Å². The molecule has 12 heteroatoms. The van der Waals surface area contributed by atoms with E-state index in [0.717, 1.165) is 30.6 Å². The van der Waals surface area contributed by atoms with Gasteiger partial charge in [-0.15, -0.1) is 0 Å². The lowest BCUT2D eigenvalue weighted by molar-refractivity contribution is -0.215. The van der Waals surface area contributed by atoms with Crippen LogP contribution in [-0.4, -0.2) is 60.7 Å². The van der Waals surface area contributed by atoms with Crippen molar-refractivity contribution >= 4 is 5.97 Å². The molecule has 1 aliphatic heterocycles. The Hall–Kier alpha value is -2.83. The van der Waals surface area contributed by atoms with Gasteiger partial charge in [0, 0.05) is 18.5 Å². The van der Waals surface area contributed by atoms with E-state index in [1.165, 1.54) is 6.92 Å². The fraction of sp³-hybridized carbons (Fsp3) is 0.412. The zero-order valence-corrected chi connectivity index (χ0v) is 14.8. The smallest absolute Gasteiger partial charge is 0.433 e. The molecule has 2 aromatic rings. The highest BCUT2D eigenvalue weighted by Gasteiger charge is 2.46. The van der Waals surface area contributed by atoms with E-state index in [1.54, 1.807) is 0 Å². The zero-order valence-electron chi connectivity index (χ0n) is 14.8. The van der Waals surface area contributed by atoms with Crippen LogP contribution in [0.1, 0.15) is 34.9 Å². The molecule has 5 atom stereocenters. The summed E-state index contributed by atoms with van der Waals surface area (Å²) in [7, 11) is 0. The van der Waals surface area contributed by atoms with Crippen LogP contribution in [0.4, 0.5) is 13.2 Å². The Bertz CT molecular complexity index is 879. The summed E-state index contributed by atoms with van der Waals surface area (Å²) in [6.07, 6.45) is -9.15. The number of alkyl halides is 3. The third-order valence-corrected chi connectivity index (χ3v) is 4.27. The molecule has 29 heavy (non-hydrogen) atoms. The second-order valence-corrected chi connectivity index (χ2v) is 6.32. The maximum absolute atomic E-state index is 12.9. The number of halogens is 3. The highest BCUT2D eigenvalue weighted by Crippen LogP contribution is 2.34. The minimum Gasteiger partial charge on any atom is -0.478 e. The summed E-state index contributed by atoms with van der Waals surface area (Å²) in [6, 6.07) is 2.98. The van der Waals surface area contributed by atoms with Crippen LogP contribution in [0.15, 0.2) is 30.6 Å². The molecule has 0 saturated carbocycles. The Balaban J connectivity index is 1.93. The number of pyridine rings is 1. The van der Waals surface area contributed by atoms with E-state index >= 15 is 0 Å². The van der Waals surface area contributed by atoms with Crippen LogP contribution in [0.25, 0.3) is 0 Å². The van der Waals surface area contributed by atoms with Gasteiger partial charge in [-0.25, -0.2) is 19.7 Å². The molecule has 0 spiro atoms. The van der Waals surface area contributed by atoms with E-state index < -0.39 is 54.2 Å². The Morgan fingerprint density at radius 2 is 1.83 bits per heavy atom. The molecule has 0 aliphatic carbocycles. The first-order chi connectivity index (χ1) is 13.6. The largest absolute Gasteiger partial charge is 0.478 e. The molecule has 1 fully saturated rings. The van der Waals surface area contributed by atoms with Gasteiger partial charge < -0.3 is 24.8 Å². The lowest BCUT2D eigenvalue weighted by Crippen LogP contribution is -2.55. The Labute approximate surface area is 161 Å². The quantitative estimate of drug-likeness (QED) is 0.673. The molecule has 0 radical (unpaired) electrons. The fourth-order valence-electron chi connectivity index (χ4n) is 2.75. The number of carboxylic acids is 1. The normalized spacial score (nSPS) is 27.4. The predicted octanol–water partition coefficient (Wildman–Crippen LogP) is 1.22. The lowest BCUT2D eigenvalue weighted by atomic mass is 9.95. The molecule has 3 heterocycles. The van der Waals surface area contributed by atoms with E-state index in [4.69, 9.17) is 14.6 Å². The number of hydrogen-bond acceptors (Lipinski definition) is 8. The van der Waals surface area contributed by atoms with Crippen molar-refractivity contribution in [3.05, 3.63) is 47.7 Å². The van der Waals surface area contributed by atoms with Gasteiger partial charge in [0.1, 0.15) is 17.9 Å². The maximum Gasteiger partial charge on any atom is 0.433 e. The lowest BCUT2D eigenvalue weighted by Gasteiger charge is -2.40. The van der Waals surface area contributed by atoms with Crippen molar-refractivity contribution in [3.63, 3.8) is 0 Å². The Morgan fingerprint density at radius 3 is 2.41 bits per heavy atom. The van der Waals surface area contributed by atoms with Crippen molar-refractivity contribution in [1.29, 1.82) is 0 Å². The molecule has 0 unspecified atom stereocenters. The van der Waals surface area contributed by atoms with Crippen molar-refractivity contribution in [1.82, 2.24) is 15.0 Å². The molecular formula is C17H16F3N3O6. The highest BCUT2D eigenvalue weighted by atomic mass is 19.4. The molecule has 3 N–H and O–H groups in total.